The van der Waals surface area contributed by atoms with Crippen LogP contribution in [0.3, 0.4) is 0 Å². The molecule has 158 valence electrons. The molecule has 0 aliphatic rings. The second-order valence-electron chi connectivity index (χ2n) is 7.45. The molecule has 0 aliphatic heterocycles. The van der Waals surface area contributed by atoms with E-state index in [1.54, 1.807) is 18.4 Å². The number of hydrogen-bond acceptors (Lipinski definition) is 5. The summed E-state index contributed by atoms with van der Waals surface area (Å²) in [6.45, 7) is 6.84. The van der Waals surface area contributed by atoms with Gasteiger partial charge in [0.15, 0.2) is 0 Å². The minimum Gasteiger partial charge on any atom is -0.355 e. The van der Waals surface area contributed by atoms with Gasteiger partial charge in [-0.15, -0.1) is 11.3 Å². The highest BCUT2D eigenvalue weighted by atomic mass is 32.1. The van der Waals surface area contributed by atoms with Crippen LogP contribution in [0.25, 0.3) is 11.3 Å². The summed E-state index contributed by atoms with van der Waals surface area (Å²) in [7, 11) is 1.64. The quantitative estimate of drug-likeness (QED) is 0.461. The topological polar surface area (TPSA) is 80.0 Å². The van der Waals surface area contributed by atoms with Crippen molar-refractivity contribution in [3.05, 3.63) is 74.6 Å². The first-order valence-electron chi connectivity index (χ1n) is 10.3. The fourth-order valence-corrected chi connectivity index (χ4v) is 4.30. The maximum Gasteiger partial charge on any atom is 0.251 e. The molecule has 0 fully saturated rings. The van der Waals surface area contributed by atoms with Crippen LogP contribution in [-0.4, -0.2) is 37.6 Å². The Hall–Kier alpha value is -2.54. The monoisotopic (exact) mass is 422 g/mol. The first kappa shape index (κ1) is 22.2. The smallest absolute Gasteiger partial charge is 0.251 e. The highest BCUT2D eigenvalue weighted by Crippen LogP contribution is 2.26. The Balaban J connectivity index is 1.69. The van der Waals surface area contributed by atoms with Crippen LogP contribution in [0.2, 0.25) is 0 Å². The molecule has 1 aromatic heterocycles. The zero-order valence-electron chi connectivity index (χ0n) is 17.9. The van der Waals surface area contributed by atoms with Crippen LogP contribution >= 0.6 is 11.3 Å². The standard InChI is InChI=1S/C24H30N4OS/c1-16-13-21(17(2)12-20(16)8-10-27-11-9-25)14-23-28-22(15-30-23)18-4-6-19(7-5-18)24(29)26-3/h4-7,12-13,15,27H,8-11,14,25H2,1-3H3,(H,26,29). The molecule has 3 aromatic rings. The van der Waals surface area contributed by atoms with Gasteiger partial charge in [-0.05, 0) is 61.2 Å². The van der Waals surface area contributed by atoms with E-state index in [1.807, 2.05) is 24.3 Å². The molecule has 3 rings (SSSR count). The lowest BCUT2D eigenvalue weighted by molar-refractivity contribution is 0.0963. The zero-order chi connectivity index (χ0) is 21.5. The van der Waals surface area contributed by atoms with E-state index in [9.17, 15) is 4.79 Å². The number of thiazole rings is 1. The number of rotatable bonds is 9. The largest absolute Gasteiger partial charge is 0.355 e. The Kier molecular flexibility index (Phi) is 7.74. The highest BCUT2D eigenvalue weighted by molar-refractivity contribution is 7.10. The molecular formula is C24H30N4OS. The van der Waals surface area contributed by atoms with E-state index in [1.165, 1.54) is 22.3 Å². The van der Waals surface area contributed by atoms with Gasteiger partial charge in [0.1, 0.15) is 0 Å². The number of aromatic nitrogens is 1. The maximum atomic E-state index is 11.7. The van der Waals surface area contributed by atoms with E-state index < -0.39 is 0 Å². The van der Waals surface area contributed by atoms with Crippen molar-refractivity contribution in [1.82, 2.24) is 15.6 Å². The van der Waals surface area contributed by atoms with Crippen molar-refractivity contribution in [3.63, 3.8) is 0 Å². The van der Waals surface area contributed by atoms with Gasteiger partial charge < -0.3 is 16.4 Å². The van der Waals surface area contributed by atoms with Gasteiger partial charge in [-0.25, -0.2) is 4.98 Å². The molecular weight excluding hydrogens is 392 g/mol. The molecule has 4 N–H and O–H groups in total. The van der Waals surface area contributed by atoms with Gasteiger partial charge in [-0.1, -0.05) is 24.3 Å². The predicted molar refractivity (Wildman–Crippen MR) is 125 cm³/mol. The Morgan fingerprint density at radius 1 is 1.07 bits per heavy atom. The Morgan fingerprint density at radius 3 is 2.47 bits per heavy atom. The second-order valence-corrected chi connectivity index (χ2v) is 8.40. The minimum absolute atomic E-state index is 0.0787. The molecule has 1 amide bonds. The van der Waals surface area contributed by atoms with E-state index in [0.29, 0.717) is 12.1 Å². The summed E-state index contributed by atoms with van der Waals surface area (Å²) in [4.78, 5) is 16.5. The maximum absolute atomic E-state index is 11.7. The molecule has 0 spiro atoms. The fourth-order valence-electron chi connectivity index (χ4n) is 3.47. The third-order valence-corrected chi connectivity index (χ3v) is 6.10. The Labute approximate surface area is 182 Å². The van der Waals surface area contributed by atoms with Crippen LogP contribution in [0.15, 0.2) is 41.8 Å². The SMILES string of the molecule is CNC(=O)c1ccc(-c2csc(Cc3cc(C)c(CCNCCN)cc3C)n2)cc1. The average molecular weight is 423 g/mol. The third kappa shape index (κ3) is 5.53. The summed E-state index contributed by atoms with van der Waals surface area (Å²) in [6.07, 6.45) is 1.85. The molecule has 5 nitrogen and oxygen atoms in total. The van der Waals surface area contributed by atoms with Crippen LogP contribution < -0.4 is 16.4 Å². The molecule has 30 heavy (non-hydrogen) atoms. The van der Waals surface area contributed by atoms with Crippen molar-refractivity contribution >= 4 is 17.2 Å². The Morgan fingerprint density at radius 2 is 1.77 bits per heavy atom. The van der Waals surface area contributed by atoms with Crippen LogP contribution in [0, 0.1) is 13.8 Å². The lowest BCUT2D eigenvalue weighted by Gasteiger charge is -2.12. The highest BCUT2D eigenvalue weighted by Gasteiger charge is 2.10. The van der Waals surface area contributed by atoms with Crippen molar-refractivity contribution in [2.75, 3.05) is 26.7 Å². The molecule has 6 heteroatoms. The Bertz CT molecular complexity index is 995. The third-order valence-electron chi connectivity index (χ3n) is 5.25. The van der Waals surface area contributed by atoms with Crippen molar-refractivity contribution in [2.45, 2.75) is 26.7 Å². The normalized spacial score (nSPS) is 10.9. The lowest BCUT2D eigenvalue weighted by Crippen LogP contribution is -2.24. The van der Waals surface area contributed by atoms with Crippen molar-refractivity contribution in [2.24, 2.45) is 5.73 Å². The number of amides is 1. The molecule has 1 heterocycles. The fraction of sp³-hybridized carbons (Fsp3) is 0.333. The molecule has 0 atom stereocenters. The molecule has 0 aliphatic carbocycles. The van der Waals surface area contributed by atoms with E-state index in [0.717, 1.165) is 42.2 Å². The summed E-state index contributed by atoms with van der Waals surface area (Å²) < 4.78 is 0. The van der Waals surface area contributed by atoms with Crippen LogP contribution in [0.5, 0.6) is 0 Å². The number of aryl methyl sites for hydroxylation is 2. The van der Waals surface area contributed by atoms with E-state index >= 15 is 0 Å². The van der Waals surface area contributed by atoms with Crippen molar-refractivity contribution in [1.29, 1.82) is 0 Å². The minimum atomic E-state index is -0.0787. The first-order chi connectivity index (χ1) is 14.5. The van der Waals surface area contributed by atoms with Crippen LogP contribution in [0.1, 0.15) is 37.6 Å². The summed E-state index contributed by atoms with van der Waals surface area (Å²) >= 11 is 1.68. The molecule has 0 radical (unpaired) electrons. The summed E-state index contributed by atoms with van der Waals surface area (Å²) in [5, 5.41) is 9.19. The van der Waals surface area contributed by atoms with Gasteiger partial charge in [-0.3, -0.25) is 4.79 Å². The number of carbonyl (C=O) groups excluding carboxylic acids is 1. The van der Waals surface area contributed by atoms with E-state index in [4.69, 9.17) is 10.7 Å². The van der Waals surface area contributed by atoms with Gasteiger partial charge in [0.05, 0.1) is 10.7 Å². The van der Waals surface area contributed by atoms with E-state index in [-0.39, 0.29) is 5.91 Å². The lowest BCUT2D eigenvalue weighted by atomic mass is 9.96. The number of carbonyl (C=O) groups is 1. The van der Waals surface area contributed by atoms with E-state index in [2.05, 4.69) is 42.0 Å². The van der Waals surface area contributed by atoms with Gasteiger partial charge >= 0.3 is 0 Å². The number of nitrogens with two attached hydrogens (primary N) is 1. The van der Waals surface area contributed by atoms with Gasteiger partial charge in [0.2, 0.25) is 0 Å². The summed E-state index contributed by atoms with van der Waals surface area (Å²) in [6, 6.07) is 12.2. The predicted octanol–water partition coefficient (Wildman–Crippen LogP) is 3.47. The summed E-state index contributed by atoms with van der Waals surface area (Å²) in [5.41, 5.74) is 13.5. The molecule has 0 saturated heterocycles. The molecule has 0 saturated carbocycles. The first-order valence-corrected chi connectivity index (χ1v) is 11.2. The number of benzene rings is 2. The number of hydrogen-bond donors (Lipinski definition) is 3. The molecule has 0 bridgehead atoms. The van der Waals surface area contributed by atoms with Gasteiger partial charge in [0.25, 0.3) is 5.91 Å². The zero-order valence-corrected chi connectivity index (χ0v) is 18.7. The van der Waals surface area contributed by atoms with Crippen LogP contribution in [0.4, 0.5) is 0 Å². The average Bonchev–Trinajstić information content (AvgIpc) is 3.22. The molecule has 0 unspecified atom stereocenters. The van der Waals surface area contributed by atoms with Gasteiger partial charge in [0, 0.05) is 43.1 Å². The van der Waals surface area contributed by atoms with Crippen molar-refractivity contribution < 1.29 is 4.79 Å². The van der Waals surface area contributed by atoms with Crippen LogP contribution in [-0.2, 0) is 12.8 Å². The number of nitrogens with zero attached hydrogens (tertiary/aromatic N) is 1. The summed E-state index contributed by atoms with van der Waals surface area (Å²) in [5.74, 6) is -0.0787. The molecule has 2 aromatic carbocycles. The second kappa shape index (κ2) is 10.5. The van der Waals surface area contributed by atoms with Gasteiger partial charge in [-0.2, -0.15) is 0 Å². The van der Waals surface area contributed by atoms with Crippen molar-refractivity contribution in [3.8, 4) is 11.3 Å². The number of nitrogens with one attached hydrogen (secondary N) is 2.